The van der Waals surface area contributed by atoms with E-state index >= 15 is 0 Å². The monoisotopic (exact) mass is 298 g/mol. The van der Waals surface area contributed by atoms with Crippen molar-refractivity contribution in [2.75, 3.05) is 31.2 Å². The Hall–Kier alpha value is -0.560. The van der Waals surface area contributed by atoms with E-state index in [0.29, 0.717) is 13.2 Å². The molecule has 1 fully saturated rings. The van der Waals surface area contributed by atoms with Gasteiger partial charge in [0.15, 0.2) is 0 Å². The van der Waals surface area contributed by atoms with Gasteiger partial charge < -0.3 is 9.64 Å². The molecule has 1 saturated heterocycles. The average Bonchev–Trinajstić information content (AvgIpc) is 2.29. The van der Waals surface area contributed by atoms with Crippen molar-refractivity contribution in [1.29, 1.82) is 0 Å². The number of pyridine rings is 1. The van der Waals surface area contributed by atoms with Gasteiger partial charge in [0.05, 0.1) is 13.2 Å². The molecule has 1 aromatic heterocycles. The van der Waals surface area contributed by atoms with Gasteiger partial charge in [-0.1, -0.05) is 0 Å². The molecule has 1 aliphatic rings. The first kappa shape index (κ1) is 14.5. The molecule has 0 N–H and O–H groups in total. The van der Waals surface area contributed by atoms with Crippen molar-refractivity contribution in [1.82, 2.24) is 4.98 Å². The SMILES string of the molecule is Cl.O=S(=O)(Cl)c1ccc(N2CCOCC2)nc1. The number of nitrogens with zero attached hydrogens (tertiary/aromatic N) is 2. The van der Waals surface area contributed by atoms with Gasteiger partial charge in [-0.2, -0.15) is 0 Å². The average molecular weight is 299 g/mol. The molecule has 96 valence electrons. The smallest absolute Gasteiger partial charge is 0.262 e. The molecule has 2 rings (SSSR count). The van der Waals surface area contributed by atoms with Crippen LogP contribution in [-0.4, -0.2) is 39.7 Å². The summed E-state index contributed by atoms with van der Waals surface area (Å²) in [5.41, 5.74) is 0. The number of aromatic nitrogens is 1. The summed E-state index contributed by atoms with van der Waals surface area (Å²) in [6, 6.07) is 3.11. The lowest BCUT2D eigenvalue weighted by Gasteiger charge is -2.27. The standard InChI is InChI=1S/C9H11ClN2O3S.ClH/c10-16(13,14)8-1-2-9(11-7-8)12-3-5-15-6-4-12;/h1-2,7H,3-6H2;1H. The number of halogens is 2. The summed E-state index contributed by atoms with van der Waals surface area (Å²) in [7, 11) is 1.51. The second-order valence-corrected chi connectivity index (χ2v) is 5.96. The van der Waals surface area contributed by atoms with Gasteiger partial charge in [-0.3, -0.25) is 0 Å². The second-order valence-electron chi connectivity index (χ2n) is 3.39. The molecule has 0 aliphatic carbocycles. The molecule has 5 nitrogen and oxygen atoms in total. The van der Waals surface area contributed by atoms with Crippen molar-refractivity contribution < 1.29 is 13.2 Å². The summed E-state index contributed by atoms with van der Waals surface area (Å²) in [4.78, 5) is 6.13. The Kier molecular flexibility index (Phi) is 5.00. The highest BCUT2D eigenvalue weighted by atomic mass is 35.7. The summed E-state index contributed by atoms with van der Waals surface area (Å²) in [6.45, 7) is 2.86. The van der Waals surface area contributed by atoms with Crippen molar-refractivity contribution in [3.63, 3.8) is 0 Å². The number of morpholine rings is 1. The van der Waals surface area contributed by atoms with E-state index in [-0.39, 0.29) is 17.3 Å². The zero-order valence-corrected chi connectivity index (χ0v) is 11.3. The molecule has 1 aromatic rings. The lowest BCUT2D eigenvalue weighted by atomic mass is 10.4. The first-order chi connectivity index (χ1) is 7.57. The maximum absolute atomic E-state index is 11.0. The summed E-state index contributed by atoms with van der Waals surface area (Å²) < 4.78 is 27.2. The summed E-state index contributed by atoms with van der Waals surface area (Å²) >= 11 is 0. The molecule has 0 unspecified atom stereocenters. The Balaban J connectivity index is 0.00000144. The Labute approximate surface area is 111 Å². The predicted octanol–water partition coefficient (Wildman–Crippen LogP) is 1.27. The van der Waals surface area contributed by atoms with E-state index in [9.17, 15) is 8.42 Å². The molecule has 0 aromatic carbocycles. The molecule has 0 spiro atoms. The van der Waals surface area contributed by atoms with E-state index in [0.717, 1.165) is 18.9 Å². The van der Waals surface area contributed by atoms with Crippen LogP contribution in [0.2, 0.25) is 0 Å². The molecule has 0 amide bonds. The van der Waals surface area contributed by atoms with Gasteiger partial charge in [0.25, 0.3) is 9.05 Å². The third kappa shape index (κ3) is 3.70. The number of anilines is 1. The summed E-state index contributed by atoms with van der Waals surface area (Å²) in [5, 5.41) is 0. The molecule has 0 atom stereocenters. The quantitative estimate of drug-likeness (QED) is 0.770. The molecular weight excluding hydrogens is 287 g/mol. The van der Waals surface area contributed by atoms with E-state index in [1.54, 1.807) is 6.07 Å². The van der Waals surface area contributed by atoms with E-state index in [1.165, 1.54) is 12.3 Å². The number of hydrogen-bond donors (Lipinski definition) is 0. The maximum Gasteiger partial charge on any atom is 0.262 e. The van der Waals surface area contributed by atoms with Crippen LogP contribution in [0, 0.1) is 0 Å². The fourth-order valence-electron chi connectivity index (χ4n) is 1.50. The molecule has 0 bridgehead atoms. The third-order valence-electron chi connectivity index (χ3n) is 2.34. The zero-order valence-electron chi connectivity index (χ0n) is 8.87. The van der Waals surface area contributed by atoms with Gasteiger partial charge in [0, 0.05) is 30.0 Å². The van der Waals surface area contributed by atoms with Crippen molar-refractivity contribution in [2.24, 2.45) is 0 Å². The van der Waals surface area contributed by atoms with Crippen molar-refractivity contribution in [2.45, 2.75) is 4.90 Å². The van der Waals surface area contributed by atoms with Crippen LogP contribution < -0.4 is 4.90 Å². The number of rotatable bonds is 2. The molecule has 8 heteroatoms. The topological polar surface area (TPSA) is 59.5 Å². The van der Waals surface area contributed by atoms with Crippen molar-refractivity contribution in [3.8, 4) is 0 Å². The molecule has 0 radical (unpaired) electrons. The Morgan fingerprint density at radius 1 is 1.29 bits per heavy atom. The van der Waals surface area contributed by atoms with Crippen LogP contribution >= 0.6 is 23.1 Å². The molecular formula is C9H12Cl2N2O3S. The molecule has 1 aliphatic heterocycles. The van der Waals surface area contributed by atoms with E-state index in [1.807, 2.05) is 4.90 Å². The Bertz CT molecular complexity index is 458. The minimum atomic E-state index is -3.68. The molecule has 0 saturated carbocycles. The fourth-order valence-corrected chi connectivity index (χ4v) is 2.18. The lowest BCUT2D eigenvalue weighted by molar-refractivity contribution is 0.122. The first-order valence-corrected chi connectivity index (χ1v) is 7.12. The van der Waals surface area contributed by atoms with Gasteiger partial charge in [0.2, 0.25) is 0 Å². The molecule has 17 heavy (non-hydrogen) atoms. The van der Waals surface area contributed by atoms with Gasteiger partial charge >= 0.3 is 0 Å². The normalized spacial score (nSPS) is 16.4. The highest BCUT2D eigenvalue weighted by Gasteiger charge is 2.14. The van der Waals surface area contributed by atoms with E-state index in [2.05, 4.69) is 4.98 Å². The highest BCUT2D eigenvalue weighted by Crippen LogP contribution is 2.18. The van der Waals surface area contributed by atoms with Gasteiger partial charge in [-0.15, -0.1) is 12.4 Å². The van der Waals surface area contributed by atoms with Crippen LogP contribution in [0.15, 0.2) is 23.2 Å². The third-order valence-corrected chi connectivity index (χ3v) is 3.68. The first-order valence-electron chi connectivity index (χ1n) is 4.81. The minimum absolute atomic E-state index is 0. The van der Waals surface area contributed by atoms with Crippen LogP contribution in [0.3, 0.4) is 0 Å². The zero-order chi connectivity index (χ0) is 11.6. The van der Waals surface area contributed by atoms with Crippen molar-refractivity contribution in [3.05, 3.63) is 18.3 Å². The van der Waals surface area contributed by atoms with Gasteiger partial charge in [-0.05, 0) is 12.1 Å². The number of ether oxygens (including phenoxy) is 1. The van der Waals surface area contributed by atoms with Gasteiger partial charge in [0.1, 0.15) is 10.7 Å². The summed E-state index contributed by atoms with van der Waals surface area (Å²) in [5.74, 6) is 0.743. The van der Waals surface area contributed by atoms with E-state index < -0.39 is 9.05 Å². The predicted molar refractivity (Wildman–Crippen MR) is 67.6 cm³/mol. The fraction of sp³-hybridized carbons (Fsp3) is 0.444. The highest BCUT2D eigenvalue weighted by molar-refractivity contribution is 8.13. The largest absolute Gasteiger partial charge is 0.378 e. The van der Waals surface area contributed by atoms with Crippen LogP contribution in [0.5, 0.6) is 0 Å². The maximum atomic E-state index is 11.0. The van der Waals surface area contributed by atoms with Crippen LogP contribution in [0.4, 0.5) is 5.82 Å². The summed E-state index contributed by atoms with van der Waals surface area (Å²) in [6.07, 6.45) is 1.27. The van der Waals surface area contributed by atoms with Crippen LogP contribution in [0.1, 0.15) is 0 Å². The number of hydrogen-bond acceptors (Lipinski definition) is 5. The van der Waals surface area contributed by atoms with E-state index in [4.69, 9.17) is 15.4 Å². The lowest BCUT2D eigenvalue weighted by Crippen LogP contribution is -2.36. The molecule has 2 heterocycles. The van der Waals surface area contributed by atoms with Gasteiger partial charge in [-0.25, -0.2) is 13.4 Å². The minimum Gasteiger partial charge on any atom is -0.378 e. The Morgan fingerprint density at radius 2 is 1.94 bits per heavy atom. The second kappa shape index (κ2) is 5.86. The van der Waals surface area contributed by atoms with Crippen LogP contribution in [0.25, 0.3) is 0 Å². The van der Waals surface area contributed by atoms with Crippen molar-refractivity contribution >= 4 is 38.0 Å². The van der Waals surface area contributed by atoms with Crippen LogP contribution in [-0.2, 0) is 13.8 Å². The Morgan fingerprint density at radius 3 is 2.41 bits per heavy atom.